The van der Waals surface area contributed by atoms with Crippen LogP contribution in [0.3, 0.4) is 0 Å². The molecule has 0 amide bonds. The van der Waals surface area contributed by atoms with Crippen LogP contribution in [0.4, 0.5) is 0 Å². The van der Waals surface area contributed by atoms with Gasteiger partial charge in [-0.2, -0.15) is 0 Å². The lowest BCUT2D eigenvalue weighted by Gasteiger charge is -2.41. The fourth-order valence-electron chi connectivity index (χ4n) is 4.46. The molecule has 3 heteroatoms. The summed E-state index contributed by atoms with van der Waals surface area (Å²) in [5.41, 5.74) is 7.79. The van der Waals surface area contributed by atoms with Gasteiger partial charge in [0.1, 0.15) is 5.75 Å². The number of nitrogens with two attached hydrogens (primary N) is 1. The predicted molar refractivity (Wildman–Crippen MR) is 90.4 cm³/mol. The molecule has 2 N–H and O–H groups in total. The van der Waals surface area contributed by atoms with Gasteiger partial charge in [-0.25, -0.2) is 0 Å². The molecule has 2 fully saturated rings. The summed E-state index contributed by atoms with van der Waals surface area (Å²) in [7, 11) is 1.73. The third-order valence-electron chi connectivity index (χ3n) is 5.64. The second-order valence-corrected chi connectivity index (χ2v) is 7.71. The lowest BCUT2D eigenvalue weighted by Crippen LogP contribution is -2.33. The van der Waals surface area contributed by atoms with Gasteiger partial charge < -0.3 is 10.5 Å². The van der Waals surface area contributed by atoms with Gasteiger partial charge >= 0.3 is 0 Å². The molecule has 1 aromatic rings. The summed E-state index contributed by atoms with van der Waals surface area (Å²) in [6.45, 7) is 0. The second-order valence-electron chi connectivity index (χ2n) is 6.79. The summed E-state index contributed by atoms with van der Waals surface area (Å²) in [6.07, 6.45) is 9.69. The van der Waals surface area contributed by atoms with Crippen LogP contribution in [-0.4, -0.2) is 7.11 Å². The van der Waals surface area contributed by atoms with Gasteiger partial charge in [0.05, 0.1) is 7.11 Å². The number of hydrogen-bond acceptors (Lipinski definition) is 2. The molecule has 3 rings (SSSR count). The highest BCUT2D eigenvalue weighted by Crippen LogP contribution is 2.46. The van der Waals surface area contributed by atoms with E-state index in [4.69, 9.17) is 10.5 Å². The Morgan fingerprint density at radius 3 is 2.67 bits per heavy atom. The zero-order valence-corrected chi connectivity index (χ0v) is 14.4. The quantitative estimate of drug-likeness (QED) is 0.825. The van der Waals surface area contributed by atoms with E-state index in [0.717, 1.165) is 27.6 Å². The first-order valence-electron chi connectivity index (χ1n) is 8.28. The molecule has 2 nitrogen and oxygen atoms in total. The molecule has 0 saturated heterocycles. The minimum atomic E-state index is 0.0975. The van der Waals surface area contributed by atoms with Crippen LogP contribution in [0, 0.1) is 17.8 Å². The molecule has 0 spiro atoms. The van der Waals surface area contributed by atoms with Gasteiger partial charge in [0.25, 0.3) is 0 Å². The summed E-state index contributed by atoms with van der Waals surface area (Å²) in [5.74, 6) is 3.43. The van der Waals surface area contributed by atoms with Crippen LogP contribution < -0.4 is 10.5 Å². The molecule has 21 heavy (non-hydrogen) atoms. The molecule has 4 unspecified atom stereocenters. The normalized spacial score (nSPS) is 30.5. The molecule has 116 valence electrons. The van der Waals surface area contributed by atoms with Crippen molar-refractivity contribution in [3.8, 4) is 5.75 Å². The molecule has 2 saturated carbocycles. The van der Waals surface area contributed by atoms with E-state index < -0.39 is 0 Å². The minimum absolute atomic E-state index is 0.0975. The third kappa shape index (κ3) is 3.29. The van der Waals surface area contributed by atoms with Crippen LogP contribution in [0.15, 0.2) is 22.7 Å². The Hall–Kier alpha value is -0.540. The summed E-state index contributed by atoms with van der Waals surface area (Å²) in [4.78, 5) is 0. The largest absolute Gasteiger partial charge is 0.496 e. The molecule has 1 aromatic carbocycles. The topological polar surface area (TPSA) is 35.2 Å². The first kappa shape index (κ1) is 15.4. The zero-order valence-electron chi connectivity index (χ0n) is 12.9. The van der Waals surface area contributed by atoms with Crippen LogP contribution in [0.5, 0.6) is 5.75 Å². The van der Waals surface area contributed by atoms with Crippen molar-refractivity contribution >= 4 is 15.9 Å². The Labute approximate surface area is 136 Å². The molecule has 0 aromatic heterocycles. The Balaban J connectivity index is 1.76. The molecule has 0 radical (unpaired) electrons. The average Bonchev–Trinajstić information content (AvgIpc) is 2.53. The van der Waals surface area contributed by atoms with E-state index in [9.17, 15) is 0 Å². The summed E-state index contributed by atoms with van der Waals surface area (Å²) in [5, 5.41) is 0. The maximum absolute atomic E-state index is 6.64. The smallest absolute Gasteiger partial charge is 0.123 e. The molecule has 2 aliphatic carbocycles. The van der Waals surface area contributed by atoms with Crippen LogP contribution in [0.2, 0.25) is 0 Å². The van der Waals surface area contributed by atoms with E-state index in [1.54, 1.807) is 7.11 Å². The van der Waals surface area contributed by atoms with Crippen molar-refractivity contribution in [2.24, 2.45) is 23.5 Å². The lowest BCUT2D eigenvalue weighted by molar-refractivity contribution is 0.117. The fraction of sp³-hybridized carbons (Fsp3) is 0.667. The van der Waals surface area contributed by atoms with Gasteiger partial charge in [-0.3, -0.25) is 0 Å². The Bertz CT molecular complexity index is 490. The molecule has 0 bridgehead atoms. The minimum Gasteiger partial charge on any atom is -0.496 e. The van der Waals surface area contributed by atoms with Crippen LogP contribution in [0.25, 0.3) is 0 Å². The second kappa shape index (κ2) is 6.70. The predicted octanol–water partition coefficient (Wildman–Crippen LogP) is 5.06. The molecule has 0 aliphatic heterocycles. The monoisotopic (exact) mass is 351 g/mol. The maximum atomic E-state index is 6.64. The first-order valence-corrected chi connectivity index (χ1v) is 9.07. The number of halogens is 1. The Morgan fingerprint density at radius 1 is 1.14 bits per heavy atom. The molecule has 0 heterocycles. The molecule has 4 atom stereocenters. The number of rotatable bonds is 3. The number of hydrogen-bond donors (Lipinski definition) is 1. The number of ether oxygens (including phenoxy) is 1. The van der Waals surface area contributed by atoms with Gasteiger partial charge in [-0.15, -0.1) is 0 Å². The number of benzene rings is 1. The zero-order chi connectivity index (χ0) is 14.8. The van der Waals surface area contributed by atoms with Gasteiger partial charge in [0, 0.05) is 16.1 Å². The van der Waals surface area contributed by atoms with Crippen LogP contribution >= 0.6 is 15.9 Å². The van der Waals surface area contributed by atoms with E-state index in [1.165, 1.54) is 44.9 Å². The van der Waals surface area contributed by atoms with Crippen molar-refractivity contribution in [1.82, 2.24) is 0 Å². The lowest BCUT2D eigenvalue weighted by atomic mass is 9.65. The van der Waals surface area contributed by atoms with Crippen LogP contribution in [-0.2, 0) is 0 Å². The Morgan fingerprint density at radius 2 is 1.90 bits per heavy atom. The van der Waals surface area contributed by atoms with E-state index in [-0.39, 0.29) is 6.04 Å². The van der Waals surface area contributed by atoms with Gasteiger partial charge in [-0.1, -0.05) is 41.6 Å². The standard InChI is InChI=1S/C18H26BrNO/c1-21-17-9-8-15(19)11-16(17)18(20)14-7-6-12-4-2-3-5-13(12)10-14/h8-9,11-14,18H,2-7,10,20H2,1H3. The number of fused-ring (bicyclic) bond motifs is 1. The van der Waals surface area contributed by atoms with Crippen molar-refractivity contribution in [2.75, 3.05) is 7.11 Å². The van der Waals surface area contributed by atoms with E-state index in [1.807, 2.05) is 12.1 Å². The van der Waals surface area contributed by atoms with Crippen molar-refractivity contribution < 1.29 is 4.74 Å². The van der Waals surface area contributed by atoms with E-state index >= 15 is 0 Å². The fourth-order valence-corrected chi connectivity index (χ4v) is 4.83. The summed E-state index contributed by atoms with van der Waals surface area (Å²) in [6, 6.07) is 6.27. The number of methoxy groups -OCH3 is 1. The van der Waals surface area contributed by atoms with Crippen molar-refractivity contribution in [2.45, 2.75) is 51.0 Å². The van der Waals surface area contributed by atoms with Gasteiger partial charge in [0.2, 0.25) is 0 Å². The highest BCUT2D eigenvalue weighted by Gasteiger charge is 2.35. The maximum Gasteiger partial charge on any atom is 0.123 e. The van der Waals surface area contributed by atoms with Gasteiger partial charge in [-0.05, 0) is 55.2 Å². The average molecular weight is 352 g/mol. The molecule has 2 aliphatic rings. The third-order valence-corrected chi connectivity index (χ3v) is 6.13. The van der Waals surface area contributed by atoms with Crippen molar-refractivity contribution in [1.29, 1.82) is 0 Å². The Kier molecular flexibility index (Phi) is 4.90. The SMILES string of the molecule is COc1ccc(Br)cc1C(N)C1CCC2CCCCC2C1. The van der Waals surface area contributed by atoms with Crippen LogP contribution in [0.1, 0.15) is 56.6 Å². The molecular formula is C18H26BrNO. The van der Waals surface area contributed by atoms with Gasteiger partial charge in [0.15, 0.2) is 0 Å². The highest BCUT2D eigenvalue weighted by atomic mass is 79.9. The van der Waals surface area contributed by atoms with Crippen molar-refractivity contribution in [3.05, 3.63) is 28.2 Å². The van der Waals surface area contributed by atoms with Crippen molar-refractivity contribution in [3.63, 3.8) is 0 Å². The highest BCUT2D eigenvalue weighted by molar-refractivity contribution is 9.10. The summed E-state index contributed by atoms with van der Waals surface area (Å²) < 4.78 is 6.60. The molecular weight excluding hydrogens is 326 g/mol. The van der Waals surface area contributed by atoms with E-state index in [2.05, 4.69) is 22.0 Å². The first-order chi connectivity index (χ1) is 10.2. The summed E-state index contributed by atoms with van der Waals surface area (Å²) >= 11 is 3.56. The van der Waals surface area contributed by atoms with E-state index in [0.29, 0.717) is 5.92 Å².